The number of halogens is 1. The van der Waals surface area contributed by atoms with Crippen LogP contribution in [0.4, 0.5) is 0 Å². The van der Waals surface area contributed by atoms with E-state index in [0.717, 1.165) is 5.56 Å². The first-order valence-electron chi connectivity index (χ1n) is 11.4. The number of hydrogen-bond donors (Lipinski definition) is 0. The Bertz CT molecular complexity index is 1100. The largest absolute Gasteiger partial charge is 0.493 e. The number of carbonyl (C=O) groups excluding carboxylic acids is 2. The Morgan fingerprint density at radius 1 is 0.886 bits per heavy atom. The van der Waals surface area contributed by atoms with Crippen LogP contribution in [0.2, 0.25) is 5.02 Å². The zero-order valence-corrected chi connectivity index (χ0v) is 20.6. The molecule has 0 fully saturated rings. The molecule has 0 aromatic heterocycles. The Labute approximate surface area is 210 Å². The van der Waals surface area contributed by atoms with Crippen LogP contribution in [0.5, 0.6) is 11.5 Å². The first kappa shape index (κ1) is 26.3. The van der Waals surface area contributed by atoms with Crippen molar-refractivity contribution in [2.24, 2.45) is 0 Å². The molecule has 0 spiro atoms. The van der Waals surface area contributed by atoms with Crippen molar-refractivity contribution >= 4 is 23.4 Å². The second-order valence-corrected chi connectivity index (χ2v) is 8.11. The SMILES string of the molecule is CCOC(Cc1ccc(OCCCOc2ccc(C(=O)c3ccccc3)cc2)c(Cl)c1)C(=O)OC. The summed E-state index contributed by atoms with van der Waals surface area (Å²) in [5.74, 6) is 0.810. The van der Waals surface area contributed by atoms with Crippen LogP contribution < -0.4 is 9.47 Å². The topological polar surface area (TPSA) is 71.1 Å². The van der Waals surface area contributed by atoms with E-state index in [1.807, 2.05) is 31.2 Å². The summed E-state index contributed by atoms with van der Waals surface area (Å²) in [6, 6.07) is 21.7. The number of hydrogen-bond acceptors (Lipinski definition) is 6. The van der Waals surface area contributed by atoms with Gasteiger partial charge >= 0.3 is 5.97 Å². The maximum absolute atomic E-state index is 12.5. The van der Waals surface area contributed by atoms with Crippen molar-refractivity contribution in [2.75, 3.05) is 26.9 Å². The molecule has 184 valence electrons. The molecule has 7 heteroatoms. The van der Waals surface area contributed by atoms with Gasteiger partial charge < -0.3 is 18.9 Å². The van der Waals surface area contributed by atoms with Gasteiger partial charge in [-0.25, -0.2) is 4.79 Å². The molecule has 0 saturated heterocycles. The van der Waals surface area contributed by atoms with E-state index < -0.39 is 12.1 Å². The highest BCUT2D eigenvalue weighted by Crippen LogP contribution is 2.26. The number of carbonyl (C=O) groups is 2. The van der Waals surface area contributed by atoms with Crippen LogP contribution >= 0.6 is 11.6 Å². The van der Waals surface area contributed by atoms with Crippen molar-refractivity contribution in [2.45, 2.75) is 25.9 Å². The molecule has 1 atom stereocenters. The number of benzene rings is 3. The van der Waals surface area contributed by atoms with Gasteiger partial charge in [-0.15, -0.1) is 0 Å². The van der Waals surface area contributed by atoms with Crippen molar-refractivity contribution in [1.29, 1.82) is 0 Å². The standard InChI is InChI=1S/C28H29ClO6/c1-3-33-26(28(31)32-2)19-20-10-15-25(24(29)18-20)35-17-7-16-34-23-13-11-22(12-14-23)27(30)21-8-5-4-6-9-21/h4-6,8-15,18,26H,3,7,16-17,19H2,1-2H3. The van der Waals surface area contributed by atoms with E-state index in [-0.39, 0.29) is 5.78 Å². The van der Waals surface area contributed by atoms with Crippen LogP contribution in [0.25, 0.3) is 0 Å². The number of ether oxygens (including phenoxy) is 4. The van der Waals surface area contributed by atoms with Crippen LogP contribution in [0, 0.1) is 0 Å². The van der Waals surface area contributed by atoms with Crippen molar-refractivity contribution in [3.63, 3.8) is 0 Å². The lowest BCUT2D eigenvalue weighted by Gasteiger charge is -2.15. The number of esters is 1. The van der Waals surface area contributed by atoms with E-state index in [1.54, 1.807) is 48.5 Å². The highest BCUT2D eigenvalue weighted by atomic mass is 35.5. The second-order valence-electron chi connectivity index (χ2n) is 7.71. The monoisotopic (exact) mass is 496 g/mol. The molecule has 0 saturated carbocycles. The Morgan fingerprint density at radius 2 is 1.57 bits per heavy atom. The van der Waals surface area contributed by atoms with Gasteiger partial charge in [0, 0.05) is 30.6 Å². The summed E-state index contributed by atoms with van der Waals surface area (Å²) in [5, 5.41) is 0.460. The fourth-order valence-corrected chi connectivity index (χ4v) is 3.69. The van der Waals surface area contributed by atoms with Crippen LogP contribution in [0.1, 0.15) is 34.8 Å². The average molecular weight is 497 g/mol. The minimum absolute atomic E-state index is 0.0212. The van der Waals surface area contributed by atoms with E-state index in [1.165, 1.54) is 7.11 Å². The van der Waals surface area contributed by atoms with E-state index in [4.69, 9.17) is 30.5 Å². The third-order valence-electron chi connectivity index (χ3n) is 5.22. The normalized spacial score (nSPS) is 11.5. The Balaban J connectivity index is 1.43. The summed E-state index contributed by atoms with van der Waals surface area (Å²) in [4.78, 5) is 24.3. The van der Waals surface area contributed by atoms with Crippen LogP contribution in [0.15, 0.2) is 72.8 Å². The fourth-order valence-electron chi connectivity index (χ4n) is 3.44. The van der Waals surface area contributed by atoms with Gasteiger partial charge in [0.25, 0.3) is 0 Å². The molecule has 0 aliphatic carbocycles. The van der Waals surface area contributed by atoms with E-state index >= 15 is 0 Å². The van der Waals surface area contributed by atoms with Gasteiger partial charge in [0.1, 0.15) is 11.5 Å². The van der Waals surface area contributed by atoms with Gasteiger partial charge in [-0.1, -0.05) is 48.0 Å². The van der Waals surface area contributed by atoms with Gasteiger partial charge in [-0.2, -0.15) is 0 Å². The molecular formula is C28H29ClO6. The smallest absolute Gasteiger partial charge is 0.335 e. The number of ketones is 1. The molecule has 0 amide bonds. The predicted molar refractivity (Wildman–Crippen MR) is 135 cm³/mol. The molecule has 3 aromatic rings. The maximum Gasteiger partial charge on any atom is 0.335 e. The molecule has 1 unspecified atom stereocenters. The molecule has 0 aliphatic rings. The molecule has 3 aromatic carbocycles. The lowest BCUT2D eigenvalue weighted by atomic mass is 10.0. The molecule has 0 N–H and O–H groups in total. The lowest BCUT2D eigenvalue weighted by molar-refractivity contribution is -0.153. The van der Waals surface area contributed by atoms with Gasteiger partial charge in [0.15, 0.2) is 11.9 Å². The molecule has 0 bridgehead atoms. The number of methoxy groups -OCH3 is 1. The average Bonchev–Trinajstić information content (AvgIpc) is 2.89. The van der Waals surface area contributed by atoms with Crippen LogP contribution in [-0.2, 0) is 20.7 Å². The number of rotatable bonds is 13. The zero-order valence-electron chi connectivity index (χ0n) is 19.9. The van der Waals surface area contributed by atoms with Crippen molar-refractivity contribution in [3.05, 3.63) is 94.5 Å². The quantitative estimate of drug-likeness (QED) is 0.176. The van der Waals surface area contributed by atoms with Crippen LogP contribution in [-0.4, -0.2) is 44.8 Å². The Morgan fingerprint density at radius 3 is 2.23 bits per heavy atom. The van der Waals surface area contributed by atoms with Crippen molar-refractivity contribution < 1.29 is 28.5 Å². The van der Waals surface area contributed by atoms with Gasteiger partial charge in [0.2, 0.25) is 0 Å². The van der Waals surface area contributed by atoms with Gasteiger partial charge in [0.05, 0.1) is 25.3 Å². The first-order chi connectivity index (χ1) is 17.0. The van der Waals surface area contributed by atoms with Gasteiger partial charge in [-0.3, -0.25) is 4.79 Å². The minimum Gasteiger partial charge on any atom is -0.493 e. The highest BCUT2D eigenvalue weighted by Gasteiger charge is 2.20. The van der Waals surface area contributed by atoms with E-state index in [0.29, 0.717) is 60.3 Å². The predicted octanol–water partition coefficient (Wildman–Crippen LogP) is 5.54. The van der Waals surface area contributed by atoms with Crippen LogP contribution in [0.3, 0.4) is 0 Å². The zero-order chi connectivity index (χ0) is 25.0. The summed E-state index contributed by atoms with van der Waals surface area (Å²) in [6.45, 7) is 3.11. The molecule has 0 heterocycles. The summed E-state index contributed by atoms with van der Waals surface area (Å²) in [7, 11) is 1.34. The third kappa shape index (κ3) is 7.84. The minimum atomic E-state index is -0.671. The maximum atomic E-state index is 12.5. The van der Waals surface area contributed by atoms with E-state index in [9.17, 15) is 9.59 Å². The molecule has 35 heavy (non-hydrogen) atoms. The molecular weight excluding hydrogens is 468 g/mol. The summed E-state index contributed by atoms with van der Waals surface area (Å²) in [5.41, 5.74) is 2.12. The lowest BCUT2D eigenvalue weighted by Crippen LogP contribution is -2.28. The third-order valence-corrected chi connectivity index (χ3v) is 5.51. The molecule has 0 radical (unpaired) electrons. The van der Waals surface area contributed by atoms with Crippen molar-refractivity contribution in [1.82, 2.24) is 0 Å². The second kappa shape index (κ2) is 13.5. The van der Waals surface area contributed by atoms with E-state index in [2.05, 4.69) is 0 Å². The summed E-state index contributed by atoms with van der Waals surface area (Å²) < 4.78 is 21.8. The Kier molecular flexibility index (Phi) is 10.1. The fraction of sp³-hybridized carbons (Fsp3) is 0.286. The van der Waals surface area contributed by atoms with Crippen molar-refractivity contribution in [3.8, 4) is 11.5 Å². The highest BCUT2D eigenvalue weighted by molar-refractivity contribution is 6.32. The first-order valence-corrected chi connectivity index (χ1v) is 11.8. The summed E-state index contributed by atoms with van der Waals surface area (Å²) >= 11 is 6.36. The Hall–Kier alpha value is -3.35. The molecule has 0 aliphatic heterocycles. The summed E-state index contributed by atoms with van der Waals surface area (Å²) in [6.07, 6.45) is 0.345. The molecule has 3 rings (SSSR count). The molecule has 6 nitrogen and oxygen atoms in total. The van der Waals surface area contributed by atoms with Gasteiger partial charge in [-0.05, 0) is 48.9 Å².